The smallest absolute Gasteiger partial charge is 0.260 e. The van der Waals surface area contributed by atoms with Crippen molar-refractivity contribution >= 4 is 44.2 Å². The highest BCUT2D eigenvalue weighted by Gasteiger charge is 2.21. The Balaban J connectivity index is 1.62. The number of aryl methyl sites for hydroxylation is 1. The molecular formula is C20H16ClFN4OS. The molecule has 0 aliphatic rings. The maximum absolute atomic E-state index is 13.5. The van der Waals surface area contributed by atoms with Crippen LogP contribution in [0.2, 0.25) is 5.02 Å². The molecule has 4 rings (SSSR count). The van der Waals surface area contributed by atoms with Gasteiger partial charge in [0.2, 0.25) is 0 Å². The van der Waals surface area contributed by atoms with E-state index in [0.717, 1.165) is 13.0 Å². The molecule has 1 amide bonds. The van der Waals surface area contributed by atoms with Crippen LogP contribution in [0.3, 0.4) is 0 Å². The predicted molar refractivity (Wildman–Crippen MR) is 110 cm³/mol. The van der Waals surface area contributed by atoms with E-state index >= 15 is 0 Å². The molecule has 0 aliphatic heterocycles. The van der Waals surface area contributed by atoms with Crippen molar-refractivity contribution in [2.24, 2.45) is 0 Å². The molecule has 0 radical (unpaired) electrons. The summed E-state index contributed by atoms with van der Waals surface area (Å²) in [7, 11) is 0. The first-order valence-electron chi connectivity index (χ1n) is 8.69. The van der Waals surface area contributed by atoms with Gasteiger partial charge in [0.25, 0.3) is 5.91 Å². The van der Waals surface area contributed by atoms with Crippen LogP contribution in [0.25, 0.3) is 10.2 Å². The van der Waals surface area contributed by atoms with E-state index in [0.29, 0.717) is 32.5 Å². The molecule has 4 aromatic rings. The molecule has 0 atom stereocenters. The Morgan fingerprint density at radius 1 is 1.21 bits per heavy atom. The van der Waals surface area contributed by atoms with Gasteiger partial charge in [-0.2, -0.15) is 0 Å². The molecule has 2 aromatic heterocycles. The van der Waals surface area contributed by atoms with Crippen LogP contribution >= 0.6 is 22.9 Å². The second-order valence-electron chi connectivity index (χ2n) is 6.23. The number of anilines is 1. The first-order chi connectivity index (χ1) is 13.6. The fourth-order valence-electron chi connectivity index (χ4n) is 2.86. The fraction of sp³-hybridized carbons (Fsp3) is 0.150. The van der Waals surface area contributed by atoms with Gasteiger partial charge in [0.1, 0.15) is 5.82 Å². The number of aromatic nitrogens is 3. The lowest BCUT2D eigenvalue weighted by molar-refractivity contribution is 0.0986. The number of benzene rings is 2. The molecular weight excluding hydrogens is 399 g/mol. The van der Waals surface area contributed by atoms with Gasteiger partial charge in [-0.3, -0.25) is 9.69 Å². The lowest BCUT2D eigenvalue weighted by Crippen LogP contribution is -2.32. The van der Waals surface area contributed by atoms with E-state index in [-0.39, 0.29) is 11.7 Å². The van der Waals surface area contributed by atoms with Gasteiger partial charge in [-0.1, -0.05) is 22.9 Å². The van der Waals surface area contributed by atoms with E-state index in [4.69, 9.17) is 11.6 Å². The Morgan fingerprint density at radius 2 is 2.04 bits per heavy atom. The largest absolute Gasteiger partial charge is 0.337 e. The summed E-state index contributed by atoms with van der Waals surface area (Å²) in [5.41, 5.74) is 1.20. The third-order valence-corrected chi connectivity index (χ3v) is 5.56. The van der Waals surface area contributed by atoms with Crippen molar-refractivity contribution in [3.8, 4) is 0 Å². The van der Waals surface area contributed by atoms with Crippen molar-refractivity contribution in [3.63, 3.8) is 0 Å². The molecule has 142 valence electrons. The highest BCUT2D eigenvalue weighted by atomic mass is 35.5. The highest BCUT2D eigenvalue weighted by molar-refractivity contribution is 7.22. The molecule has 2 aromatic carbocycles. The first-order valence-corrected chi connectivity index (χ1v) is 9.89. The number of rotatable bonds is 6. The van der Waals surface area contributed by atoms with Crippen molar-refractivity contribution in [3.05, 3.63) is 77.6 Å². The average Bonchev–Trinajstić information content (AvgIpc) is 3.34. The fourth-order valence-corrected chi connectivity index (χ4v) is 4.01. The Bertz CT molecular complexity index is 1100. The lowest BCUT2D eigenvalue weighted by atomic mass is 10.2. The number of imidazole rings is 1. The first kappa shape index (κ1) is 18.6. The molecule has 0 spiro atoms. The van der Waals surface area contributed by atoms with Crippen molar-refractivity contribution in [1.82, 2.24) is 14.5 Å². The normalized spacial score (nSPS) is 11.1. The number of halogens is 2. The Hall–Kier alpha value is -2.77. The molecule has 2 heterocycles. The molecule has 28 heavy (non-hydrogen) atoms. The number of amides is 1. The van der Waals surface area contributed by atoms with Crippen molar-refractivity contribution < 1.29 is 9.18 Å². The van der Waals surface area contributed by atoms with Gasteiger partial charge < -0.3 is 4.57 Å². The summed E-state index contributed by atoms with van der Waals surface area (Å²) in [6.07, 6.45) is 6.07. The lowest BCUT2D eigenvalue weighted by Gasteiger charge is -2.20. The summed E-state index contributed by atoms with van der Waals surface area (Å²) in [4.78, 5) is 23.4. The zero-order chi connectivity index (χ0) is 19.5. The highest BCUT2D eigenvalue weighted by Crippen LogP contribution is 2.30. The number of nitrogens with zero attached hydrogens (tertiary/aromatic N) is 4. The molecule has 0 unspecified atom stereocenters. The number of carbonyl (C=O) groups is 1. The number of fused-ring (bicyclic) bond motifs is 1. The van der Waals surface area contributed by atoms with Crippen LogP contribution in [0.4, 0.5) is 9.52 Å². The molecule has 0 aliphatic carbocycles. The zero-order valence-electron chi connectivity index (χ0n) is 14.8. The van der Waals surface area contributed by atoms with Crippen LogP contribution in [-0.4, -0.2) is 27.0 Å². The number of carbonyl (C=O) groups excluding carboxylic acids is 1. The minimum Gasteiger partial charge on any atom is -0.337 e. The van der Waals surface area contributed by atoms with Gasteiger partial charge in [-0.25, -0.2) is 14.4 Å². The van der Waals surface area contributed by atoms with E-state index in [1.165, 1.54) is 23.5 Å². The standard InChI is InChI=1S/C20H16ClFN4OS/c21-15-4-2-14(3-5-15)19(27)26(10-1-9-25-11-8-23-13-25)20-24-17-7-6-16(22)12-18(17)28-20/h2-8,11-13H,1,9-10H2. The monoisotopic (exact) mass is 414 g/mol. The minimum absolute atomic E-state index is 0.165. The van der Waals surface area contributed by atoms with Gasteiger partial charge in [-0.05, 0) is 48.9 Å². The van der Waals surface area contributed by atoms with Crippen LogP contribution in [-0.2, 0) is 6.54 Å². The van der Waals surface area contributed by atoms with Gasteiger partial charge in [0.15, 0.2) is 5.13 Å². The van der Waals surface area contributed by atoms with Gasteiger partial charge in [0, 0.05) is 36.1 Å². The topological polar surface area (TPSA) is 51.0 Å². The maximum Gasteiger partial charge on any atom is 0.260 e. The Morgan fingerprint density at radius 3 is 2.79 bits per heavy atom. The number of hydrogen-bond acceptors (Lipinski definition) is 4. The van der Waals surface area contributed by atoms with Crippen LogP contribution in [0.5, 0.6) is 0 Å². The molecule has 0 saturated heterocycles. The van der Waals surface area contributed by atoms with Crippen LogP contribution in [0.15, 0.2) is 61.2 Å². The number of thiazole rings is 1. The zero-order valence-corrected chi connectivity index (χ0v) is 16.3. The molecule has 0 fully saturated rings. The Labute approximate surface area is 170 Å². The Kier molecular flexibility index (Phi) is 5.36. The summed E-state index contributed by atoms with van der Waals surface area (Å²) in [6.45, 7) is 1.20. The SMILES string of the molecule is O=C(c1ccc(Cl)cc1)N(CCCn1ccnc1)c1nc2ccc(F)cc2s1. The van der Waals surface area contributed by atoms with Crippen LogP contribution in [0, 0.1) is 5.82 Å². The summed E-state index contributed by atoms with van der Waals surface area (Å²) >= 11 is 7.24. The van der Waals surface area contributed by atoms with Crippen molar-refractivity contribution in [2.75, 3.05) is 11.4 Å². The molecule has 5 nitrogen and oxygen atoms in total. The maximum atomic E-state index is 13.5. The number of hydrogen-bond donors (Lipinski definition) is 0. The van der Waals surface area contributed by atoms with Crippen LogP contribution in [0.1, 0.15) is 16.8 Å². The van der Waals surface area contributed by atoms with E-state index in [1.807, 2.05) is 10.8 Å². The second kappa shape index (κ2) is 8.08. The minimum atomic E-state index is -0.321. The van der Waals surface area contributed by atoms with E-state index < -0.39 is 0 Å². The summed E-state index contributed by atoms with van der Waals surface area (Å²) in [5.74, 6) is -0.486. The van der Waals surface area contributed by atoms with Crippen molar-refractivity contribution in [1.29, 1.82) is 0 Å². The quantitative estimate of drug-likeness (QED) is 0.445. The molecule has 0 saturated carbocycles. The van der Waals surface area contributed by atoms with Gasteiger partial charge >= 0.3 is 0 Å². The summed E-state index contributed by atoms with van der Waals surface area (Å²) in [5, 5.41) is 1.12. The molecule has 8 heteroatoms. The third-order valence-electron chi connectivity index (χ3n) is 4.26. The second-order valence-corrected chi connectivity index (χ2v) is 7.67. The molecule has 0 bridgehead atoms. The van der Waals surface area contributed by atoms with Gasteiger partial charge in [-0.15, -0.1) is 0 Å². The van der Waals surface area contributed by atoms with E-state index in [2.05, 4.69) is 9.97 Å². The summed E-state index contributed by atoms with van der Waals surface area (Å²) in [6, 6.07) is 11.2. The van der Waals surface area contributed by atoms with E-state index in [1.54, 1.807) is 47.8 Å². The predicted octanol–water partition coefficient (Wildman–Crippen LogP) is 5.02. The van der Waals surface area contributed by atoms with Crippen LogP contribution < -0.4 is 4.90 Å². The summed E-state index contributed by atoms with van der Waals surface area (Å²) < 4.78 is 16.2. The van der Waals surface area contributed by atoms with Gasteiger partial charge in [0.05, 0.1) is 16.5 Å². The van der Waals surface area contributed by atoms with E-state index in [9.17, 15) is 9.18 Å². The third kappa shape index (κ3) is 4.05. The molecule has 0 N–H and O–H groups in total. The van der Waals surface area contributed by atoms with Crippen molar-refractivity contribution in [2.45, 2.75) is 13.0 Å². The average molecular weight is 415 g/mol.